The maximum absolute atomic E-state index is 11.8. The van der Waals surface area contributed by atoms with Crippen LogP contribution < -0.4 is 0 Å². The lowest BCUT2D eigenvalue weighted by Gasteiger charge is -2.06. The summed E-state index contributed by atoms with van der Waals surface area (Å²) in [5.74, 6) is 0.898. The molecule has 0 saturated heterocycles. The molecule has 2 heteroatoms. The van der Waals surface area contributed by atoms with Crippen LogP contribution in [-0.2, 0) is 9.53 Å². The van der Waals surface area contributed by atoms with Crippen LogP contribution in [0.1, 0.15) is 188 Å². The third-order valence-electron chi connectivity index (χ3n) is 7.17. The minimum absolute atomic E-state index is 0.0239. The van der Waals surface area contributed by atoms with Gasteiger partial charge in [0, 0.05) is 6.42 Å². The highest BCUT2D eigenvalue weighted by Crippen LogP contribution is 2.15. The Morgan fingerprint density at radius 1 is 0.500 bits per heavy atom. The van der Waals surface area contributed by atoms with Crippen molar-refractivity contribution in [2.45, 2.75) is 188 Å². The first-order valence-corrected chi connectivity index (χ1v) is 15.8. The lowest BCUT2D eigenvalue weighted by Crippen LogP contribution is -2.05. The molecule has 0 spiro atoms. The molecule has 34 heavy (non-hydrogen) atoms. The molecule has 0 N–H and O–H groups in total. The molecule has 0 aliphatic rings. The maximum Gasteiger partial charge on any atom is 0.305 e. The van der Waals surface area contributed by atoms with E-state index < -0.39 is 0 Å². The number of rotatable bonds is 28. The SMILES string of the molecule is CCCCCCCCCCCCCC(=O)OCCCCCCCCCCCCCCCC(C)C. The summed E-state index contributed by atoms with van der Waals surface area (Å²) in [7, 11) is 0. The number of carbonyl (C=O) groups excluding carboxylic acids is 1. The smallest absolute Gasteiger partial charge is 0.305 e. The van der Waals surface area contributed by atoms with E-state index in [1.807, 2.05) is 0 Å². The molecule has 0 heterocycles. The molecule has 0 unspecified atom stereocenters. The van der Waals surface area contributed by atoms with Crippen LogP contribution in [0.4, 0.5) is 0 Å². The van der Waals surface area contributed by atoms with Crippen molar-refractivity contribution in [1.29, 1.82) is 0 Å². The van der Waals surface area contributed by atoms with Crippen LogP contribution in [0.25, 0.3) is 0 Å². The van der Waals surface area contributed by atoms with Crippen LogP contribution in [-0.4, -0.2) is 12.6 Å². The third-order valence-corrected chi connectivity index (χ3v) is 7.17. The number of esters is 1. The zero-order chi connectivity index (χ0) is 25.0. The van der Waals surface area contributed by atoms with Crippen molar-refractivity contribution in [2.24, 2.45) is 5.92 Å². The molecule has 0 aromatic rings. The number of ether oxygens (including phenoxy) is 1. The normalized spacial score (nSPS) is 11.4. The van der Waals surface area contributed by atoms with Crippen LogP contribution in [0, 0.1) is 5.92 Å². The summed E-state index contributed by atoms with van der Waals surface area (Å²) in [4.78, 5) is 11.8. The van der Waals surface area contributed by atoms with Gasteiger partial charge in [-0.05, 0) is 18.8 Å². The number of hydrogen-bond donors (Lipinski definition) is 0. The van der Waals surface area contributed by atoms with Crippen LogP contribution in [0.2, 0.25) is 0 Å². The Labute approximate surface area is 215 Å². The van der Waals surface area contributed by atoms with Crippen LogP contribution >= 0.6 is 0 Å². The van der Waals surface area contributed by atoms with Gasteiger partial charge in [-0.2, -0.15) is 0 Å². The van der Waals surface area contributed by atoms with Crippen molar-refractivity contribution >= 4 is 5.97 Å². The van der Waals surface area contributed by atoms with E-state index in [0.29, 0.717) is 13.0 Å². The molecule has 0 aromatic carbocycles. The Kier molecular flexibility index (Phi) is 28.3. The van der Waals surface area contributed by atoms with Gasteiger partial charge in [-0.25, -0.2) is 0 Å². The highest BCUT2D eigenvalue weighted by Gasteiger charge is 2.02. The zero-order valence-electron chi connectivity index (χ0n) is 24.0. The molecular weight excluding hydrogens is 416 g/mol. The van der Waals surface area contributed by atoms with Crippen molar-refractivity contribution in [3.05, 3.63) is 0 Å². The highest BCUT2D eigenvalue weighted by atomic mass is 16.5. The minimum Gasteiger partial charge on any atom is -0.466 e. The van der Waals surface area contributed by atoms with Crippen molar-refractivity contribution in [3.63, 3.8) is 0 Å². The molecule has 0 aliphatic carbocycles. The lowest BCUT2D eigenvalue weighted by molar-refractivity contribution is -0.143. The molecule has 204 valence electrons. The molecule has 0 fully saturated rings. The first-order chi connectivity index (χ1) is 16.7. The molecule has 2 nitrogen and oxygen atoms in total. The largest absolute Gasteiger partial charge is 0.466 e. The molecule has 0 saturated carbocycles. The van der Waals surface area contributed by atoms with E-state index >= 15 is 0 Å². The van der Waals surface area contributed by atoms with Gasteiger partial charge in [0.15, 0.2) is 0 Å². The second-order valence-corrected chi connectivity index (χ2v) is 11.3. The van der Waals surface area contributed by atoms with Gasteiger partial charge in [-0.1, -0.05) is 168 Å². The number of hydrogen-bond acceptors (Lipinski definition) is 2. The van der Waals surface area contributed by atoms with Gasteiger partial charge in [-0.3, -0.25) is 4.79 Å². The van der Waals surface area contributed by atoms with E-state index in [2.05, 4.69) is 20.8 Å². The number of unbranched alkanes of at least 4 members (excludes halogenated alkanes) is 22. The Morgan fingerprint density at radius 3 is 1.26 bits per heavy atom. The fourth-order valence-electron chi connectivity index (χ4n) is 4.79. The van der Waals surface area contributed by atoms with E-state index in [0.717, 1.165) is 18.8 Å². The molecule has 0 aliphatic heterocycles. The Bertz CT molecular complexity index is 390. The zero-order valence-corrected chi connectivity index (χ0v) is 24.0. The predicted molar refractivity (Wildman–Crippen MR) is 152 cm³/mol. The van der Waals surface area contributed by atoms with E-state index in [9.17, 15) is 4.79 Å². The summed E-state index contributed by atoms with van der Waals surface area (Å²) in [5.41, 5.74) is 0. The summed E-state index contributed by atoms with van der Waals surface area (Å²) in [6, 6.07) is 0. The number of carbonyl (C=O) groups is 1. The standard InChI is InChI=1S/C32H64O2/c1-4-5-6-7-8-9-13-17-20-23-26-29-32(33)34-30-27-24-21-18-15-12-10-11-14-16-19-22-25-28-31(2)3/h31H,4-30H2,1-3H3. The van der Waals surface area contributed by atoms with Crippen molar-refractivity contribution < 1.29 is 9.53 Å². The molecule has 0 rings (SSSR count). The van der Waals surface area contributed by atoms with Gasteiger partial charge < -0.3 is 4.74 Å². The highest BCUT2D eigenvalue weighted by molar-refractivity contribution is 5.69. The summed E-state index contributed by atoms with van der Waals surface area (Å²) in [5, 5.41) is 0. The van der Waals surface area contributed by atoms with Gasteiger partial charge in [0.2, 0.25) is 0 Å². The third kappa shape index (κ3) is 29.5. The van der Waals surface area contributed by atoms with Crippen molar-refractivity contribution in [2.75, 3.05) is 6.61 Å². The summed E-state index contributed by atoms with van der Waals surface area (Å²) in [6.07, 6.45) is 34.3. The van der Waals surface area contributed by atoms with Crippen LogP contribution in [0.3, 0.4) is 0 Å². The maximum atomic E-state index is 11.8. The van der Waals surface area contributed by atoms with Crippen molar-refractivity contribution in [3.8, 4) is 0 Å². The Morgan fingerprint density at radius 2 is 0.853 bits per heavy atom. The predicted octanol–water partition coefficient (Wildman–Crippen LogP) is 11.3. The van der Waals surface area contributed by atoms with E-state index in [1.54, 1.807) is 0 Å². The summed E-state index contributed by atoms with van der Waals surface area (Å²) < 4.78 is 5.41. The molecule has 0 atom stereocenters. The van der Waals surface area contributed by atoms with E-state index in [4.69, 9.17) is 4.74 Å². The average Bonchev–Trinajstić information content (AvgIpc) is 2.82. The minimum atomic E-state index is 0.0239. The quantitative estimate of drug-likeness (QED) is 0.0821. The first kappa shape index (κ1) is 33.5. The second kappa shape index (κ2) is 28.7. The fraction of sp³-hybridized carbons (Fsp3) is 0.969. The first-order valence-electron chi connectivity index (χ1n) is 15.8. The molecular formula is C32H64O2. The fourth-order valence-corrected chi connectivity index (χ4v) is 4.79. The van der Waals surface area contributed by atoms with Gasteiger partial charge in [-0.15, -0.1) is 0 Å². The van der Waals surface area contributed by atoms with Gasteiger partial charge in [0.05, 0.1) is 6.61 Å². The average molecular weight is 481 g/mol. The molecule has 0 aromatic heterocycles. The lowest BCUT2D eigenvalue weighted by atomic mass is 10.0. The Balaban J connectivity index is 3.14. The van der Waals surface area contributed by atoms with Crippen molar-refractivity contribution in [1.82, 2.24) is 0 Å². The summed E-state index contributed by atoms with van der Waals surface area (Å²) in [6.45, 7) is 7.57. The van der Waals surface area contributed by atoms with E-state index in [1.165, 1.54) is 148 Å². The van der Waals surface area contributed by atoms with Gasteiger partial charge in [0.1, 0.15) is 0 Å². The molecule has 0 amide bonds. The van der Waals surface area contributed by atoms with Gasteiger partial charge >= 0.3 is 5.97 Å². The topological polar surface area (TPSA) is 26.3 Å². The van der Waals surface area contributed by atoms with Gasteiger partial charge in [0.25, 0.3) is 0 Å². The Hall–Kier alpha value is -0.530. The van der Waals surface area contributed by atoms with E-state index in [-0.39, 0.29) is 5.97 Å². The molecule has 0 radical (unpaired) electrons. The monoisotopic (exact) mass is 480 g/mol. The van der Waals surface area contributed by atoms with Crippen LogP contribution in [0.15, 0.2) is 0 Å². The summed E-state index contributed by atoms with van der Waals surface area (Å²) >= 11 is 0. The second-order valence-electron chi connectivity index (χ2n) is 11.3. The van der Waals surface area contributed by atoms with Crippen LogP contribution in [0.5, 0.6) is 0 Å². The molecule has 0 bridgehead atoms.